The van der Waals surface area contributed by atoms with Gasteiger partial charge >= 0.3 is 6.09 Å². The van der Waals surface area contributed by atoms with Crippen molar-refractivity contribution < 1.29 is 14.3 Å². The summed E-state index contributed by atoms with van der Waals surface area (Å²) >= 11 is 0. The molecule has 0 aromatic heterocycles. The lowest BCUT2D eigenvalue weighted by atomic mass is 9.67. The van der Waals surface area contributed by atoms with Crippen molar-refractivity contribution in [1.29, 1.82) is 0 Å². The van der Waals surface area contributed by atoms with Crippen LogP contribution in [0, 0.1) is 0 Å². The summed E-state index contributed by atoms with van der Waals surface area (Å²) < 4.78 is 5.03. The number of ether oxygens (including phenoxy) is 1. The number of imide groups is 1. The number of hydrogen-bond acceptors (Lipinski definition) is 3. The molecule has 0 bridgehead atoms. The molecule has 1 saturated carbocycles. The summed E-state index contributed by atoms with van der Waals surface area (Å²) in [5.74, 6) is 0.428. The standard InChI is InChI=1S/C11H15NO3/c1-3-8(2)15-10(14)12-9(13)7-11(12)5-4-6-11/h3H,4-7H2,1-2H3/b8-3+. The highest BCUT2D eigenvalue weighted by atomic mass is 16.6. The number of hydrogen-bond donors (Lipinski definition) is 0. The van der Waals surface area contributed by atoms with Crippen LogP contribution in [0.15, 0.2) is 11.8 Å². The van der Waals surface area contributed by atoms with E-state index in [1.807, 2.05) is 0 Å². The smallest absolute Gasteiger partial charge is 0.415 e. The Morgan fingerprint density at radius 3 is 2.60 bits per heavy atom. The Kier molecular flexibility index (Phi) is 2.29. The largest absolute Gasteiger partial charge is 0.422 e. The predicted molar refractivity (Wildman–Crippen MR) is 54.0 cm³/mol. The van der Waals surface area contributed by atoms with Crippen LogP contribution >= 0.6 is 0 Å². The topological polar surface area (TPSA) is 46.6 Å². The first-order valence-electron chi connectivity index (χ1n) is 5.27. The van der Waals surface area contributed by atoms with Gasteiger partial charge in [-0.3, -0.25) is 4.79 Å². The molecule has 2 fully saturated rings. The molecular weight excluding hydrogens is 194 g/mol. The normalized spacial score (nSPS) is 23.5. The number of carbonyl (C=O) groups excluding carboxylic acids is 2. The highest BCUT2D eigenvalue weighted by Crippen LogP contribution is 2.48. The van der Waals surface area contributed by atoms with E-state index in [9.17, 15) is 9.59 Å². The lowest BCUT2D eigenvalue weighted by Crippen LogP contribution is -2.68. The first kappa shape index (κ1) is 10.2. The van der Waals surface area contributed by atoms with Crippen molar-refractivity contribution >= 4 is 12.0 Å². The fourth-order valence-electron chi connectivity index (χ4n) is 2.14. The van der Waals surface area contributed by atoms with Crippen molar-refractivity contribution in [1.82, 2.24) is 4.90 Å². The van der Waals surface area contributed by atoms with Crippen LogP contribution < -0.4 is 0 Å². The third-order valence-electron chi connectivity index (χ3n) is 3.33. The van der Waals surface area contributed by atoms with Crippen molar-refractivity contribution in [3.63, 3.8) is 0 Å². The number of rotatable bonds is 1. The summed E-state index contributed by atoms with van der Waals surface area (Å²) in [4.78, 5) is 24.3. The SMILES string of the molecule is C/C=C(\C)OC(=O)N1C(=O)CC12CCC2. The number of amides is 2. The second-order valence-corrected chi connectivity index (χ2v) is 4.25. The predicted octanol–water partition coefficient (Wildman–Crippen LogP) is 2.20. The monoisotopic (exact) mass is 209 g/mol. The van der Waals surface area contributed by atoms with Crippen LogP contribution in [0.2, 0.25) is 0 Å². The van der Waals surface area contributed by atoms with Gasteiger partial charge in [-0.05, 0) is 39.2 Å². The Balaban J connectivity index is 2.03. The fraction of sp³-hybridized carbons (Fsp3) is 0.636. The summed E-state index contributed by atoms with van der Waals surface area (Å²) in [6.45, 7) is 3.50. The highest BCUT2D eigenvalue weighted by Gasteiger charge is 2.58. The van der Waals surface area contributed by atoms with Gasteiger partial charge in [0, 0.05) is 0 Å². The number of allylic oxidation sites excluding steroid dienone is 2. The van der Waals surface area contributed by atoms with Crippen LogP contribution in [0.3, 0.4) is 0 Å². The van der Waals surface area contributed by atoms with Crippen molar-refractivity contribution in [2.45, 2.75) is 45.1 Å². The van der Waals surface area contributed by atoms with E-state index in [0.29, 0.717) is 12.2 Å². The molecule has 0 radical (unpaired) electrons. The minimum Gasteiger partial charge on any atom is -0.415 e. The van der Waals surface area contributed by atoms with Gasteiger partial charge in [-0.2, -0.15) is 0 Å². The van der Waals surface area contributed by atoms with Gasteiger partial charge in [0.05, 0.1) is 12.0 Å². The molecule has 82 valence electrons. The van der Waals surface area contributed by atoms with Crippen LogP contribution in [0.1, 0.15) is 39.5 Å². The zero-order chi connectivity index (χ0) is 11.1. The highest BCUT2D eigenvalue weighted by molar-refractivity contribution is 5.99. The zero-order valence-electron chi connectivity index (χ0n) is 9.08. The van der Waals surface area contributed by atoms with E-state index >= 15 is 0 Å². The Bertz CT molecular complexity index is 342. The quantitative estimate of drug-likeness (QED) is 0.491. The van der Waals surface area contributed by atoms with Crippen molar-refractivity contribution in [3.8, 4) is 0 Å². The maximum Gasteiger partial charge on any atom is 0.422 e. The zero-order valence-corrected chi connectivity index (χ0v) is 9.08. The molecule has 4 nitrogen and oxygen atoms in total. The first-order valence-corrected chi connectivity index (χ1v) is 5.27. The van der Waals surface area contributed by atoms with E-state index in [1.54, 1.807) is 19.9 Å². The van der Waals surface area contributed by atoms with Crippen LogP contribution in [0.25, 0.3) is 0 Å². The first-order chi connectivity index (χ1) is 7.09. The molecule has 0 atom stereocenters. The Morgan fingerprint density at radius 2 is 2.20 bits per heavy atom. The minimum absolute atomic E-state index is 0.108. The van der Waals surface area contributed by atoms with Crippen LogP contribution in [-0.4, -0.2) is 22.4 Å². The van der Waals surface area contributed by atoms with E-state index in [-0.39, 0.29) is 11.4 Å². The molecule has 0 unspecified atom stereocenters. The molecule has 1 spiro atoms. The molecule has 1 heterocycles. The maximum absolute atomic E-state index is 11.7. The summed E-state index contributed by atoms with van der Waals surface area (Å²) in [5.41, 5.74) is -0.178. The molecule has 2 amide bonds. The van der Waals surface area contributed by atoms with Gasteiger partial charge in [-0.15, -0.1) is 0 Å². The van der Waals surface area contributed by atoms with Gasteiger partial charge in [0.1, 0.15) is 5.76 Å². The number of nitrogens with zero attached hydrogens (tertiary/aromatic N) is 1. The molecule has 0 aromatic rings. The molecule has 1 aliphatic carbocycles. The van der Waals surface area contributed by atoms with Gasteiger partial charge in [0.25, 0.3) is 0 Å². The number of likely N-dealkylation sites (tertiary alicyclic amines) is 1. The van der Waals surface area contributed by atoms with Crippen LogP contribution in [0.4, 0.5) is 4.79 Å². The van der Waals surface area contributed by atoms with Gasteiger partial charge in [-0.25, -0.2) is 9.69 Å². The summed E-state index contributed by atoms with van der Waals surface area (Å²) in [6.07, 6.45) is 4.67. The minimum atomic E-state index is -0.512. The van der Waals surface area contributed by atoms with E-state index in [4.69, 9.17) is 4.74 Å². The summed E-state index contributed by atoms with van der Waals surface area (Å²) in [5, 5.41) is 0. The molecule has 15 heavy (non-hydrogen) atoms. The van der Waals surface area contributed by atoms with Gasteiger partial charge in [-0.1, -0.05) is 0 Å². The average Bonchev–Trinajstić information content (AvgIpc) is 2.10. The van der Waals surface area contributed by atoms with E-state index in [0.717, 1.165) is 19.3 Å². The Labute approximate surface area is 88.9 Å². The van der Waals surface area contributed by atoms with Crippen molar-refractivity contribution in [3.05, 3.63) is 11.8 Å². The van der Waals surface area contributed by atoms with Gasteiger partial charge < -0.3 is 4.74 Å². The molecule has 4 heteroatoms. The molecule has 2 aliphatic rings. The molecule has 0 N–H and O–H groups in total. The molecule has 1 saturated heterocycles. The summed E-state index contributed by atoms with van der Waals surface area (Å²) in [7, 11) is 0. The lowest BCUT2D eigenvalue weighted by Gasteiger charge is -2.55. The Hall–Kier alpha value is -1.32. The van der Waals surface area contributed by atoms with Gasteiger partial charge in [0.2, 0.25) is 5.91 Å². The van der Waals surface area contributed by atoms with E-state index < -0.39 is 6.09 Å². The van der Waals surface area contributed by atoms with Crippen molar-refractivity contribution in [2.75, 3.05) is 0 Å². The lowest BCUT2D eigenvalue weighted by molar-refractivity contribution is -0.159. The number of carbonyl (C=O) groups is 2. The van der Waals surface area contributed by atoms with Crippen molar-refractivity contribution in [2.24, 2.45) is 0 Å². The third kappa shape index (κ3) is 1.44. The second-order valence-electron chi connectivity index (χ2n) is 4.25. The second kappa shape index (κ2) is 3.36. The molecule has 2 rings (SSSR count). The van der Waals surface area contributed by atoms with Gasteiger partial charge in [0.15, 0.2) is 0 Å². The third-order valence-corrected chi connectivity index (χ3v) is 3.33. The average molecular weight is 209 g/mol. The fourth-order valence-corrected chi connectivity index (χ4v) is 2.14. The number of β-lactam (4-membered cyclic amide) rings is 1. The molecule has 1 aliphatic heterocycles. The molecular formula is C11H15NO3. The van der Waals surface area contributed by atoms with E-state index in [1.165, 1.54) is 4.90 Å². The van der Waals surface area contributed by atoms with Crippen LogP contribution in [0.5, 0.6) is 0 Å². The maximum atomic E-state index is 11.7. The summed E-state index contributed by atoms with van der Waals surface area (Å²) in [6, 6.07) is 0. The van der Waals surface area contributed by atoms with Crippen LogP contribution in [-0.2, 0) is 9.53 Å². The molecule has 0 aromatic carbocycles. The Morgan fingerprint density at radius 1 is 1.53 bits per heavy atom. The van der Waals surface area contributed by atoms with E-state index in [2.05, 4.69) is 0 Å².